The molecule has 98 valence electrons. The Labute approximate surface area is 110 Å². The van der Waals surface area contributed by atoms with Gasteiger partial charge in [0.25, 0.3) is 0 Å². The first kappa shape index (κ1) is 12.9. The van der Waals surface area contributed by atoms with Crippen molar-refractivity contribution in [2.75, 3.05) is 18.2 Å². The van der Waals surface area contributed by atoms with Gasteiger partial charge in [0.2, 0.25) is 0 Å². The Kier molecular flexibility index (Phi) is 3.66. The molecule has 0 heterocycles. The summed E-state index contributed by atoms with van der Waals surface area (Å²) in [5, 5.41) is 2.98. The van der Waals surface area contributed by atoms with Gasteiger partial charge in [-0.2, -0.15) is 0 Å². The second-order valence-corrected chi connectivity index (χ2v) is 3.90. The number of rotatable bonds is 3. The van der Waals surface area contributed by atoms with E-state index in [0.29, 0.717) is 16.9 Å². The Morgan fingerprint density at radius 3 is 2.53 bits per heavy atom. The normalized spacial score (nSPS) is 10.0. The van der Waals surface area contributed by atoms with Crippen LogP contribution in [0.3, 0.4) is 0 Å². The quantitative estimate of drug-likeness (QED) is 0.658. The van der Waals surface area contributed by atoms with Crippen molar-refractivity contribution in [3.8, 4) is 0 Å². The summed E-state index contributed by atoms with van der Waals surface area (Å²) in [7, 11) is 1.32. The molecule has 0 saturated carbocycles. The number of nitrogens with two attached hydrogens (primary N) is 1. The van der Waals surface area contributed by atoms with E-state index in [2.05, 4.69) is 10.1 Å². The zero-order valence-corrected chi connectivity index (χ0v) is 10.3. The second kappa shape index (κ2) is 5.39. The predicted octanol–water partition coefficient (Wildman–Crippen LogP) is 2.94. The highest BCUT2D eigenvalue weighted by Crippen LogP contribution is 2.25. The van der Waals surface area contributed by atoms with Gasteiger partial charge >= 0.3 is 5.97 Å². The van der Waals surface area contributed by atoms with E-state index in [1.165, 1.54) is 13.2 Å². The molecule has 0 saturated heterocycles. The van der Waals surface area contributed by atoms with Crippen molar-refractivity contribution in [1.29, 1.82) is 0 Å². The third-order valence-electron chi connectivity index (χ3n) is 2.64. The molecule has 0 unspecified atom stereocenters. The van der Waals surface area contributed by atoms with E-state index in [1.807, 2.05) is 0 Å². The van der Waals surface area contributed by atoms with E-state index < -0.39 is 11.8 Å². The van der Waals surface area contributed by atoms with E-state index in [1.54, 1.807) is 36.4 Å². The first-order valence-corrected chi connectivity index (χ1v) is 5.61. The first-order valence-electron chi connectivity index (χ1n) is 5.61. The maximum atomic E-state index is 13.3. The number of nitrogens with one attached hydrogen (secondary N) is 1. The molecule has 0 atom stereocenters. The number of esters is 1. The molecule has 0 aromatic heterocycles. The summed E-state index contributed by atoms with van der Waals surface area (Å²) in [5.74, 6) is -0.881. The highest BCUT2D eigenvalue weighted by Gasteiger charge is 2.06. The topological polar surface area (TPSA) is 64.3 Å². The molecule has 4 nitrogen and oxygen atoms in total. The lowest BCUT2D eigenvalue weighted by Crippen LogP contribution is -2.02. The highest BCUT2D eigenvalue weighted by molar-refractivity contribution is 5.89. The van der Waals surface area contributed by atoms with Crippen molar-refractivity contribution in [2.45, 2.75) is 0 Å². The average Bonchev–Trinajstić information content (AvgIpc) is 2.44. The van der Waals surface area contributed by atoms with Gasteiger partial charge in [0.15, 0.2) is 0 Å². The van der Waals surface area contributed by atoms with Crippen molar-refractivity contribution >= 4 is 23.0 Å². The lowest BCUT2D eigenvalue weighted by atomic mass is 10.2. The minimum Gasteiger partial charge on any atom is -0.465 e. The summed E-state index contributed by atoms with van der Waals surface area (Å²) in [6.45, 7) is 0. The molecule has 2 aromatic rings. The SMILES string of the molecule is COC(=O)c1ccc(Nc2cccc(F)c2N)cc1. The molecule has 0 aliphatic heterocycles. The number of carbonyl (C=O) groups excluding carboxylic acids is 1. The fourth-order valence-corrected chi connectivity index (χ4v) is 1.61. The standard InChI is InChI=1S/C14H13FN2O2/c1-19-14(18)9-5-7-10(8-6-9)17-12-4-2-3-11(15)13(12)16/h2-8,17H,16H2,1H3. The number of ether oxygens (including phenoxy) is 1. The molecular weight excluding hydrogens is 247 g/mol. The summed E-state index contributed by atoms with van der Waals surface area (Å²) in [6, 6.07) is 11.1. The third-order valence-corrected chi connectivity index (χ3v) is 2.64. The van der Waals surface area contributed by atoms with E-state index in [4.69, 9.17) is 5.73 Å². The van der Waals surface area contributed by atoms with Crippen molar-refractivity contribution in [3.05, 3.63) is 53.8 Å². The predicted molar refractivity (Wildman–Crippen MR) is 71.9 cm³/mol. The Balaban J connectivity index is 2.20. The summed E-state index contributed by atoms with van der Waals surface area (Å²) >= 11 is 0. The van der Waals surface area contributed by atoms with Crippen LogP contribution in [0.15, 0.2) is 42.5 Å². The van der Waals surface area contributed by atoms with Crippen LogP contribution in [0.4, 0.5) is 21.5 Å². The smallest absolute Gasteiger partial charge is 0.337 e. The zero-order chi connectivity index (χ0) is 13.8. The molecule has 0 spiro atoms. The van der Waals surface area contributed by atoms with Gasteiger partial charge in [-0.1, -0.05) is 6.07 Å². The number of halogens is 1. The molecule has 19 heavy (non-hydrogen) atoms. The summed E-state index contributed by atoms with van der Waals surface area (Å²) in [4.78, 5) is 11.3. The molecule has 0 radical (unpaired) electrons. The van der Waals surface area contributed by atoms with Crippen LogP contribution in [0.2, 0.25) is 0 Å². The van der Waals surface area contributed by atoms with Gasteiger partial charge in [-0.25, -0.2) is 9.18 Å². The number of nitrogen functional groups attached to an aromatic ring is 1. The molecule has 3 N–H and O–H groups in total. The van der Waals surface area contributed by atoms with Crippen molar-refractivity contribution < 1.29 is 13.9 Å². The van der Waals surface area contributed by atoms with Gasteiger partial charge < -0.3 is 15.8 Å². The molecule has 0 aliphatic carbocycles. The number of carbonyl (C=O) groups is 1. The van der Waals surface area contributed by atoms with Crippen LogP contribution in [-0.4, -0.2) is 13.1 Å². The average molecular weight is 260 g/mol. The minimum absolute atomic E-state index is 0.0551. The lowest BCUT2D eigenvalue weighted by Gasteiger charge is -2.10. The maximum absolute atomic E-state index is 13.3. The largest absolute Gasteiger partial charge is 0.465 e. The van der Waals surface area contributed by atoms with Gasteiger partial charge in [-0.15, -0.1) is 0 Å². The number of anilines is 3. The summed E-state index contributed by atoms with van der Waals surface area (Å²) in [6.07, 6.45) is 0. The number of benzene rings is 2. The van der Waals surface area contributed by atoms with Crippen LogP contribution in [0.1, 0.15) is 10.4 Å². The maximum Gasteiger partial charge on any atom is 0.337 e. The van der Waals surface area contributed by atoms with E-state index in [9.17, 15) is 9.18 Å². The summed E-state index contributed by atoms with van der Waals surface area (Å²) in [5.41, 5.74) is 7.29. The van der Waals surface area contributed by atoms with Crippen molar-refractivity contribution in [1.82, 2.24) is 0 Å². The third kappa shape index (κ3) is 2.82. The number of hydrogen-bond acceptors (Lipinski definition) is 4. The Morgan fingerprint density at radius 1 is 1.21 bits per heavy atom. The van der Waals surface area contributed by atoms with E-state index >= 15 is 0 Å². The molecule has 2 rings (SSSR count). The fraction of sp³-hybridized carbons (Fsp3) is 0.0714. The number of para-hydroxylation sites is 1. The number of hydrogen-bond donors (Lipinski definition) is 2. The van der Waals surface area contributed by atoms with E-state index in [0.717, 1.165) is 0 Å². The molecule has 0 amide bonds. The molecule has 0 aliphatic rings. The Morgan fingerprint density at radius 2 is 1.89 bits per heavy atom. The van der Waals surface area contributed by atoms with Crippen LogP contribution in [0, 0.1) is 5.82 Å². The number of methoxy groups -OCH3 is 1. The van der Waals surface area contributed by atoms with Crippen LogP contribution in [-0.2, 0) is 4.74 Å². The molecular formula is C14H13FN2O2. The van der Waals surface area contributed by atoms with Crippen LogP contribution in [0.25, 0.3) is 0 Å². The minimum atomic E-state index is -0.476. The second-order valence-electron chi connectivity index (χ2n) is 3.90. The van der Waals surface area contributed by atoms with Gasteiger partial charge in [0, 0.05) is 5.69 Å². The van der Waals surface area contributed by atoms with E-state index in [-0.39, 0.29) is 5.69 Å². The fourth-order valence-electron chi connectivity index (χ4n) is 1.61. The van der Waals surface area contributed by atoms with Crippen molar-refractivity contribution in [2.24, 2.45) is 0 Å². The van der Waals surface area contributed by atoms with Crippen LogP contribution < -0.4 is 11.1 Å². The Hall–Kier alpha value is -2.56. The molecule has 5 heteroatoms. The molecule has 2 aromatic carbocycles. The molecule has 0 fully saturated rings. The highest BCUT2D eigenvalue weighted by atomic mass is 19.1. The van der Waals surface area contributed by atoms with Crippen molar-refractivity contribution in [3.63, 3.8) is 0 Å². The van der Waals surface area contributed by atoms with Gasteiger partial charge in [-0.3, -0.25) is 0 Å². The van der Waals surface area contributed by atoms with Gasteiger partial charge in [-0.05, 0) is 36.4 Å². The Bertz CT molecular complexity index is 597. The zero-order valence-electron chi connectivity index (χ0n) is 10.3. The molecule has 0 bridgehead atoms. The monoisotopic (exact) mass is 260 g/mol. The van der Waals surface area contributed by atoms with Crippen LogP contribution >= 0.6 is 0 Å². The summed E-state index contributed by atoms with van der Waals surface area (Å²) < 4.78 is 17.9. The van der Waals surface area contributed by atoms with Gasteiger partial charge in [0.05, 0.1) is 24.0 Å². The lowest BCUT2D eigenvalue weighted by molar-refractivity contribution is 0.0601. The first-order chi connectivity index (χ1) is 9.11. The van der Waals surface area contributed by atoms with Gasteiger partial charge in [0.1, 0.15) is 5.82 Å². The van der Waals surface area contributed by atoms with Crippen LogP contribution in [0.5, 0.6) is 0 Å².